The Morgan fingerprint density at radius 2 is 2.04 bits per heavy atom. The number of fused-ring (bicyclic) bond motifs is 1. The van der Waals surface area contributed by atoms with Crippen LogP contribution < -0.4 is 5.56 Å². The van der Waals surface area contributed by atoms with E-state index >= 15 is 0 Å². The highest BCUT2D eigenvalue weighted by Crippen LogP contribution is 2.12. The van der Waals surface area contributed by atoms with E-state index in [2.05, 4.69) is 19.9 Å². The van der Waals surface area contributed by atoms with E-state index in [-0.39, 0.29) is 11.5 Å². The summed E-state index contributed by atoms with van der Waals surface area (Å²) in [6.07, 6.45) is 4.23. The highest BCUT2D eigenvalue weighted by molar-refractivity contribution is 5.92. The number of carbonyl (C=O) groups is 1. The molecule has 0 spiro atoms. The highest BCUT2D eigenvalue weighted by Gasteiger charge is 2.24. The fourth-order valence-corrected chi connectivity index (χ4v) is 3.18. The van der Waals surface area contributed by atoms with Crippen LogP contribution in [0.4, 0.5) is 0 Å². The van der Waals surface area contributed by atoms with E-state index in [1.165, 1.54) is 10.6 Å². The van der Waals surface area contributed by atoms with E-state index in [0.29, 0.717) is 38.3 Å². The Labute approximate surface area is 149 Å². The van der Waals surface area contributed by atoms with Gasteiger partial charge in [-0.25, -0.2) is 0 Å². The molecule has 3 aromatic heterocycles. The van der Waals surface area contributed by atoms with Crippen LogP contribution >= 0.6 is 0 Å². The maximum atomic E-state index is 12.8. The summed E-state index contributed by atoms with van der Waals surface area (Å²) in [5.41, 5.74) is 0.205. The van der Waals surface area contributed by atoms with Gasteiger partial charge in [-0.2, -0.15) is 5.10 Å². The molecule has 134 valence electrons. The summed E-state index contributed by atoms with van der Waals surface area (Å²) >= 11 is 0. The van der Waals surface area contributed by atoms with E-state index in [0.717, 1.165) is 11.6 Å². The Bertz CT molecular complexity index is 987. The first-order chi connectivity index (χ1) is 12.6. The quantitative estimate of drug-likeness (QED) is 0.657. The summed E-state index contributed by atoms with van der Waals surface area (Å²) < 4.78 is 5.24. The molecule has 0 saturated heterocycles. The van der Waals surface area contributed by atoms with Crippen LogP contribution in [0, 0.1) is 0 Å². The highest BCUT2D eigenvalue weighted by atomic mass is 16.2. The lowest BCUT2D eigenvalue weighted by molar-refractivity contribution is 0.0747. The minimum atomic E-state index is -0.190. The molecule has 0 bridgehead atoms. The monoisotopic (exact) mass is 353 g/mol. The van der Waals surface area contributed by atoms with Gasteiger partial charge in [0.25, 0.3) is 11.5 Å². The molecule has 9 heteroatoms. The van der Waals surface area contributed by atoms with Crippen molar-refractivity contribution in [2.45, 2.75) is 19.5 Å². The Kier molecular flexibility index (Phi) is 4.11. The lowest BCUT2D eigenvalue weighted by Crippen LogP contribution is -2.37. The third-order valence-electron chi connectivity index (χ3n) is 4.66. The third kappa shape index (κ3) is 2.92. The zero-order valence-corrected chi connectivity index (χ0v) is 14.4. The fraction of sp³-hybridized carbons (Fsp3) is 0.353. The second-order valence-electron chi connectivity index (χ2n) is 6.24. The SMILES string of the molecule is Cn1c(C(=O)N2CCc3nnc(Cn4cccn4)n3CC2)cccc1=O. The number of hydrogen-bond acceptors (Lipinski definition) is 5. The van der Waals surface area contributed by atoms with Crippen LogP contribution in [-0.2, 0) is 26.6 Å². The molecule has 1 amide bonds. The summed E-state index contributed by atoms with van der Waals surface area (Å²) in [5.74, 6) is 1.55. The number of nitrogens with zero attached hydrogens (tertiary/aromatic N) is 7. The van der Waals surface area contributed by atoms with Crippen molar-refractivity contribution in [2.24, 2.45) is 7.05 Å². The van der Waals surface area contributed by atoms with Crippen molar-refractivity contribution >= 4 is 5.91 Å². The van der Waals surface area contributed by atoms with Crippen molar-refractivity contribution in [1.29, 1.82) is 0 Å². The minimum absolute atomic E-state index is 0.141. The fourth-order valence-electron chi connectivity index (χ4n) is 3.18. The topological polar surface area (TPSA) is 90.8 Å². The molecule has 0 aliphatic carbocycles. The first-order valence-corrected chi connectivity index (χ1v) is 8.47. The Morgan fingerprint density at radius 3 is 2.85 bits per heavy atom. The number of hydrogen-bond donors (Lipinski definition) is 0. The van der Waals surface area contributed by atoms with Gasteiger partial charge in [0.2, 0.25) is 0 Å². The molecule has 0 saturated carbocycles. The van der Waals surface area contributed by atoms with Gasteiger partial charge in [0.05, 0.1) is 0 Å². The van der Waals surface area contributed by atoms with Crippen LogP contribution in [0.25, 0.3) is 0 Å². The van der Waals surface area contributed by atoms with E-state index in [1.807, 2.05) is 12.3 Å². The van der Waals surface area contributed by atoms with Gasteiger partial charge in [0.1, 0.15) is 18.1 Å². The van der Waals surface area contributed by atoms with Crippen LogP contribution in [0.5, 0.6) is 0 Å². The molecule has 0 N–H and O–H groups in total. The normalized spacial score (nSPS) is 14.1. The molecular formula is C17H19N7O2. The largest absolute Gasteiger partial charge is 0.335 e. The molecule has 3 aromatic rings. The zero-order chi connectivity index (χ0) is 18.1. The minimum Gasteiger partial charge on any atom is -0.335 e. The molecule has 0 fully saturated rings. The first kappa shape index (κ1) is 16.2. The molecule has 0 aromatic carbocycles. The molecular weight excluding hydrogens is 334 g/mol. The second-order valence-corrected chi connectivity index (χ2v) is 6.24. The molecule has 0 atom stereocenters. The van der Waals surface area contributed by atoms with Gasteiger partial charge in [-0.05, 0) is 12.1 Å². The van der Waals surface area contributed by atoms with Crippen molar-refractivity contribution in [1.82, 2.24) is 34.0 Å². The number of pyridine rings is 1. The summed E-state index contributed by atoms with van der Waals surface area (Å²) in [6, 6.07) is 6.61. The van der Waals surface area contributed by atoms with Gasteiger partial charge in [0, 0.05) is 51.6 Å². The number of carbonyl (C=O) groups excluding carboxylic acids is 1. The third-order valence-corrected chi connectivity index (χ3v) is 4.66. The predicted octanol–water partition coefficient (Wildman–Crippen LogP) is -0.0799. The van der Waals surface area contributed by atoms with Crippen molar-refractivity contribution in [3.8, 4) is 0 Å². The van der Waals surface area contributed by atoms with E-state index in [1.54, 1.807) is 35.0 Å². The summed E-state index contributed by atoms with van der Waals surface area (Å²) in [6.45, 7) is 2.24. The zero-order valence-electron chi connectivity index (χ0n) is 14.4. The maximum absolute atomic E-state index is 12.8. The van der Waals surface area contributed by atoms with Crippen LogP contribution in [0.1, 0.15) is 22.1 Å². The molecule has 0 unspecified atom stereocenters. The van der Waals surface area contributed by atoms with Crippen LogP contribution in [-0.4, -0.2) is 53.0 Å². The average Bonchev–Trinajstić information content (AvgIpc) is 3.23. The average molecular weight is 353 g/mol. The van der Waals surface area contributed by atoms with Crippen molar-refractivity contribution < 1.29 is 4.79 Å². The first-order valence-electron chi connectivity index (χ1n) is 8.47. The van der Waals surface area contributed by atoms with Gasteiger partial charge >= 0.3 is 0 Å². The van der Waals surface area contributed by atoms with Gasteiger partial charge < -0.3 is 14.0 Å². The molecule has 26 heavy (non-hydrogen) atoms. The molecule has 0 radical (unpaired) electrons. The summed E-state index contributed by atoms with van der Waals surface area (Å²) in [5, 5.41) is 12.7. The van der Waals surface area contributed by atoms with Crippen LogP contribution in [0.3, 0.4) is 0 Å². The molecule has 1 aliphatic heterocycles. The van der Waals surface area contributed by atoms with Crippen molar-refractivity contribution in [2.75, 3.05) is 13.1 Å². The summed E-state index contributed by atoms with van der Waals surface area (Å²) in [7, 11) is 1.62. The Balaban J connectivity index is 1.53. The van der Waals surface area contributed by atoms with Gasteiger partial charge in [-0.15, -0.1) is 10.2 Å². The standard InChI is InChI=1S/C17H19N7O2/c1-21-13(4-2-5-16(21)25)17(26)22-9-6-14-19-20-15(24(14)11-10-22)12-23-8-3-7-18-23/h2-5,7-8H,6,9-12H2,1H3. The lowest BCUT2D eigenvalue weighted by Gasteiger charge is -2.21. The second kappa shape index (κ2) is 6.58. The lowest BCUT2D eigenvalue weighted by atomic mass is 10.3. The molecule has 1 aliphatic rings. The Hall–Kier alpha value is -3.23. The van der Waals surface area contributed by atoms with Crippen LogP contribution in [0.15, 0.2) is 41.5 Å². The molecule has 4 rings (SSSR count). The van der Waals surface area contributed by atoms with Crippen LogP contribution in [0.2, 0.25) is 0 Å². The number of rotatable bonds is 3. The van der Waals surface area contributed by atoms with Gasteiger partial charge in [0.15, 0.2) is 5.82 Å². The number of aromatic nitrogens is 6. The van der Waals surface area contributed by atoms with Gasteiger partial charge in [-0.1, -0.05) is 6.07 Å². The predicted molar refractivity (Wildman–Crippen MR) is 92.6 cm³/mol. The summed E-state index contributed by atoms with van der Waals surface area (Å²) in [4.78, 5) is 26.4. The Morgan fingerprint density at radius 1 is 1.15 bits per heavy atom. The van der Waals surface area contributed by atoms with Gasteiger partial charge in [-0.3, -0.25) is 14.3 Å². The molecule has 4 heterocycles. The smallest absolute Gasteiger partial charge is 0.270 e. The van der Waals surface area contributed by atoms with E-state index in [9.17, 15) is 9.59 Å². The van der Waals surface area contributed by atoms with Crippen molar-refractivity contribution in [3.63, 3.8) is 0 Å². The van der Waals surface area contributed by atoms with E-state index in [4.69, 9.17) is 0 Å². The molecule has 9 nitrogen and oxygen atoms in total. The van der Waals surface area contributed by atoms with Crippen molar-refractivity contribution in [3.05, 3.63) is 64.4 Å². The van der Waals surface area contributed by atoms with E-state index < -0.39 is 0 Å². The maximum Gasteiger partial charge on any atom is 0.270 e. The number of amides is 1.